The van der Waals surface area contributed by atoms with Crippen molar-refractivity contribution in [2.75, 3.05) is 26.2 Å². The molecule has 0 unspecified atom stereocenters. The number of hydrogen-bond acceptors (Lipinski definition) is 4. The fourth-order valence-electron chi connectivity index (χ4n) is 2.67. The summed E-state index contributed by atoms with van der Waals surface area (Å²) in [5.74, 6) is 0.00934. The summed E-state index contributed by atoms with van der Waals surface area (Å²) >= 11 is 1.42. The number of thiophene rings is 1. The highest BCUT2D eigenvalue weighted by Gasteiger charge is 2.16. The van der Waals surface area contributed by atoms with Crippen LogP contribution in [0.3, 0.4) is 0 Å². The maximum absolute atomic E-state index is 12.5. The van der Waals surface area contributed by atoms with Crippen molar-refractivity contribution < 1.29 is 9.59 Å². The van der Waals surface area contributed by atoms with Gasteiger partial charge in [-0.1, -0.05) is 18.2 Å². The fourth-order valence-corrected chi connectivity index (χ4v) is 3.31. The first-order valence-corrected chi connectivity index (χ1v) is 9.02. The molecular weight excluding hydrogens is 322 g/mol. The number of nitrogens with one attached hydrogen (secondary N) is 2. The zero-order valence-electron chi connectivity index (χ0n) is 13.5. The number of nitrogens with zero attached hydrogens (tertiary/aromatic N) is 1. The zero-order valence-corrected chi connectivity index (χ0v) is 14.3. The summed E-state index contributed by atoms with van der Waals surface area (Å²) < 4.78 is 0. The molecule has 0 bridgehead atoms. The molecule has 2 amide bonds. The van der Waals surface area contributed by atoms with E-state index in [0.29, 0.717) is 17.0 Å². The second-order valence-electron chi connectivity index (χ2n) is 5.75. The van der Waals surface area contributed by atoms with E-state index in [9.17, 15) is 9.59 Å². The lowest BCUT2D eigenvalue weighted by atomic mass is 10.1. The number of amides is 2. The number of carbonyl (C=O) groups excluding carboxylic acids is 2. The van der Waals surface area contributed by atoms with Gasteiger partial charge in [-0.05, 0) is 42.1 Å². The minimum Gasteiger partial charge on any atom is -0.347 e. The van der Waals surface area contributed by atoms with Gasteiger partial charge < -0.3 is 15.5 Å². The molecule has 1 aromatic heterocycles. The van der Waals surface area contributed by atoms with Crippen LogP contribution in [0.15, 0.2) is 41.8 Å². The molecule has 0 atom stereocenters. The van der Waals surface area contributed by atoms with Gasteiger partial charge in [0.2, 0.25) is 0 Å². The Morgan fingerprint density at radius 3 is 2.71 bits per heavy atom. The van der Waals surface area contributed by atoms with Crippen molar-refractivity contribution in [1.29, 1.82) is 0 Å². The Labute approximate surface area is 145 Å². The Hall–Kier alpha value is -2.18. The van der Waals surface area contributed by atoms with E-state index in [-0.39, 0.29) is 11.8 Å². The van der Waals surface area contributed by atoms with Gasteiger partial charge in [-0.15, -0.1) is 11.3 Å². The largest absolute Gasteiger partial charge is 0.347 e. The minimum atomic E-state index is -0.0674. The van der Waals surface area contributed by atoms with Gasteiger partial charge >= 0.3 is 0 Å². The summed E-state index contributed by atoms with van der Waals surface area (Å²) in [6.07, 6.45) is 0.985. The Kier molecular flexibility index (Phi) is 5.61. The molecule has 0 saturated carbocycles. The first-order chi connectivity index (χ1) is 11.7. The maximum atomic E-state index is 12.5. The molecule has 0 radical (unpaired) electrons. The van der Waals surface area contributed by atoms with Crippen LogP contribution in [-0.4, -0.2) is 42.9 Å². The number of carbonyl (C=O) groups is 2. The molecule has 1 aromatic carbocycles. The normalized spacial score (nSPS) is 14.9. The zero-order chi connectivity index (χ0) is 16.8. The van der Waals surface area contributed by atoms with Crippen molar-refractivity contribution >= 4 is 23.2 Å². The summed E-state index contributed by atoms with van der Waals surface area (Å²) in [6.45, 7) is 3.81. The van der Waals surface area contributed by atoms with Crippen LogP contribution in [0, 0.1) is 0 Å². The van der Waals surface area contributed by atoms with E-state index in [0.717, 1.165) is 38.2 Å². The van der Waals surface area contributed by atoms with E-state index >= 15 is 0 Å². The van der Waals surface area contributed by atoms with Gasteiger partial charge in [-0.25, -0.2) is 0 Å². The van der Waals surface area contributed by atoms with Crippen molar-refractivity contribution in [1.82, 2.24) is 15.5 Å². The quantitative estimate of drug-likeness (QED) is 0.894. The second kappa shape index (κ2) is 8.08. The van der Waals surface area contributed by atoms with Crippen LogP contribution in [-0.2, 0) is 6.54 Å². The third kappa shape index (κ3) is 4.21. The van der Waals surface area contributed by atoms with Crippen molar-refractivity contribution in [2.45, 2.75) is 13.0 Å². The molecule has 1 aliphatic heterocycles. The first-order valence-electron chi connectivity index (χ1n) is 8.15. The molecule has 2 aromatic rings. The Morgan fingerprint density at radius 2 is 1.96 bits per heavy atom. The highest BCUT2D eigenvalue weighted by atomic mass is 32.1. The molecule has 1 saturated heterocycles. The van der Waals surface area contributed by atoms with Crippen LogP contribution in [0.1, 0.15) is 32.0 Å². The lowest BCUT2D eigenvalue weighted by Gasteiger charge is -2.20. The van der Waals surface area contributed by atoms with E-state index in [1.54, 1.807) is 6.07 Å². The second-order valence-corrected chi connectivity index (χ2v) is 6.70. The third-order valence-corrected chi connectivity index (χ3v) is 4.89. The van der Waals surface area contributed by atoms with Crippen LogP contribution >= 0.6 is 11.3 Å². The molecule has 0 aliphatic carbocycles. The monoisotopic (exact) mass is 343 g/mol. The topological polar surface area (TPSA) is 61.4 Å². The number of benzene rings is 1. The van der Waals surface area contributed by atoms with Gasteiger partial charge in [-0.3, -0.25) is 9.59 Å². The van der Waals surface area contributed by atoms with Crippen LogP contribution in [0.5, 0.6) is 0 Å². The van der Waals surface area contributed by atoms with E-state index in [4.69, 9.17) is 0 Å². The average Bonchev–Trinajstić information content (AvgIpc) is 3.02. The predicted molar refractivity (Wildman–Crippen MR) is 95.3 cm³/mol. The smallest absolute Gasteiger partial charge is 0.261 e. The molecule has 2 N–H and O–H groups in total. The van der Waals surface area contributed by atoms with Crippen LogP contribution < -0.4 is 10.6 Å². The van der Waals surface area contributed by atoms with Crippen molar-refractivity contribution in [3.05, 3.63) is 57.8 Å². The molecular formula is C18H21N3O2S. The van der Waals surface area contributed by atoms with Crippen LogP contribution in [0.4, 0.5) is 0 Å². The molecule has 5 nitrogen and oxygen atoms in total. The SMILES string of the molecule is O=C(NCc1ccc(C(=O)N2CCCNCC2)cc1)c1cccs1. The third-order valence-electron chi connectivity index (χ3n) is 4.03. The maximum Gasteiger partial charge on any atom is 0.261 e. The molecule has 126 valence electrons. The number of hydrogen-bond donors (Lipinski definition) is 2. The molecule has 0 spiro atoms. The van der Waals surface area contributed by atoms with Crippen LogP contribution in [0.2, 0.25) is 0 Å². The van der Waals surface area contributed by atoms with E-state index in [1.165, 1.54) is 11.3 Å². The summed E-state index contributed by atoms with van der Waals surface area (Å²) in [5.41, 5.74) is 1.68. The van der Waals surface area contributed by atoms with Crippen molar-refractivity contribution in [2.24, 2.45) is 0 Å². The van der Waals surface area contributed by atoms with E-state index < -0.39 is 0 Å². The first kappa shape index (κ1) is 16.7. The van der Waals surface area contributed by atoms with Gasteiger partial charge in [0.1, 0.15) is 0 Å². The molecule has 24 heavy (non-hydrogen) atoms. The van der Waals surface area contributed by atoms with Gasteiger partial charge in [-0.2, -0.15) is 0 Å². The summed E-state index contributed by atoms with van der Waals surface area (Å²) in [7, 11) is 0. The van der Waals surface area contributed by atoms with E-state index in [2.05, 4.69) is 10.6 Å². The van der Waals surface area contributed by atoms with Crippen molar-refractivity contribution in [3.63, 3.8) is 0 Å². The fraction of sp³-hybridized carbons (Fsp3) is 0.333. The highest BCUT2D eigenvalue weighted by molar-refractivity contribution is 7.12. The summed E-state index contributed by atoms with van der Waals surface area (Å²) in [6, 6.07) is 11.1. The van der Waals surface area contributed by atoms with Gasteiger partial charge in [0.25, 0.3) is 11.8 Å². The lowest BCUT2D eigenvalue weighted by molar-refractivity contribution is 0.0766. The van der Waals surface area contributed by atoms with E-state index in [1.807, 2.05) is 40.6 Å². The molecule has 6 heteroatoms. The van der Waals surface area contributed by atoms with Gasteiger partial charge in [0.15, 0.2) is 0 Å². The molecule has 3 rings (SSSR count). The lowest BCUT2D eigenvalue weighted by Crippen LogP contribution is -2.34. The Bertz CT molecular complexity index is 675. The average molecular weight is 343 g/mol. The Morgan fingerprint density at radius 1 is 1.12 bits per heavy atom. The highest BCUT2D eigenvalue weighted by Crippen LogP contribution is 2.11. The van der Waals surface area contributed by atoms with Crippen LogP contribution in [0.25, 0.3) is 0 Å². The molecule has 1 fully saturated rings. The Balaban J connectivity index is 1.56. The minimum absolute atomic E-state index is 0.0674. The van der Waals surface area contributed by atoms with Gasteiger partial charge in [0, 0.05) is 31.7 Å². The molecule has 1 aliphatic rings. The number of rotatable bonds is 4. The summed E-state index contributed by atoms with van der Waals surface area (Å²) in [4.78, 5) is 27.0. The standard InChI is InChI=1S/C18H21N3O2S/c22-17(16-3-1-12-24-16)20-13-14-4-6-15(7-5-14)18(23)21-10-2-8-19-9-11-21/h1,3-7,12,19H,2,8-11,13H2,(H,20,22). The van der Waals surface area contributed by atoms with Crippen molar-refractivity contribution in [3.8, 4) is 0 Å². The summed E-state index contributed by atoms with van der Waals surface area (Å²) in [5, 5.41) is 8.07. The predicted octanol–water partition coefficient (Wildman–Crippen LogP) is 2.11. The van der Waals surface area contributed by atoms with Gasteiger partial charge in [0.05, 0.1) is 4.88 Å². The molecule has 2 heterocycles.